The summed E-state index contributed by atoms with van der Waals surface area (Å²) in [5, 5.41) is -0.433. The Bertz CT molecular complexity index is 214. The van der Waals surface area contributed by atoms with Crippen LogP contribution in [0.15, 0.2) is 0 Å². The number of unbranched alkanes of at least 4 members (excludes halogenated alkanes) is 1. The first-order chi connectivity index (χ1) is 7.02. The molecule has 2 atom stereocenters. The van der Waals surface area contributed by atoms with E-state index in [0.717, 1.165) is 12.8 Å². The van der Waals surface area contributed by atoms with E-state index in [2.05, 4.69) is 11.7 Å². The molecule has 0 amide bonds. The van der Waals surface area contributed by atoms with E-state index in [1.54, 1.807) is 0 Å². The van der Waals surface area contributed by atoms with Gasteiger partial charge in [-0.25, -0.2) is 0 Å². The molecular weight excluding hydrogens is 212 g/mol. The van der Waals surface area contributed by atoms with Gasteiger partial charge >= 0.3 is 5.97 Å². The van der Waals surface area contributed by atoms with Crippen LogP contribution in [0.1, 0.15) is 40.0 Å². The van der Waals surface area contributed by atoms with Gasteiger partial charge in [0, 0.05) is 16.6 Å². The van der Waals surface area contributed by atoms with Gasteiger partial charge in [0.2, 0.25) is 0 Å². The highest BCUT2D eigenvalue weighted by Crippen LogP contribution is 2.12. The Balaban J connectivity index is 4.33. The Hall–Kier alpha value is -0.380. The predicted molar refractivity (Wildman–Crippen MR) is 63.2 cm³/mol. The van der Waals surface area contributed by atoms with Crippen molar-refractivity contribution in [1.29, 1.82) is 0 Å². The molecule has 90 valence electrons. The van der Waals surface area contributed by atoms with Gasteiger partial charge in [0.15, 0.2) is 0 Å². The van der Waals surface area contributed by atoms with Crippen LogP contribution in [0.5, 0.6) is 0 Å². The number of ether oxygens (including phenoxy) is 1. The third-order valence-electron chi connectivity index (χ3n) is 2.10. The van der Waals surface area contributed by atoms with Crippen molar-refractivity contribution in [1.82, 2.24) is 0 Å². The first-order valence-corrected chi connectivity index (χ1v) is 6.86. The minimum Gasteiger partial charge on any atom is -0.468 e. The Morgan fingerprint density at radius 1 is 1.40 bits per heavy atom. The average Bonchev–Trinajstić information content (AvgIpc) is 2.16. The molecule has 4 heteroatoms. The maximum absolute atomic E-state index is 11.9. The van der Waals surface area contributed by atoms with Crippen molar-refractivity contribution in [3.8, 4) is 0 Å². The van der Waals surface area contributed by atoms with E-state index in [1.165, 1.54) is 7.11 Å². The summed E-state index contributed by atoms with van der Waals surface area (Å²) in [5.41, 5.74) is 0. The summed E-state index contributed by atoms with van der Waals surface area (Å²) in [7, 11) is 0.261. The standard InChI is InChI=1S/C11H22O3S/c1-5-6-7-10(11(12)14-4)15(13)8-9(2)3/h9-10H,5-8H2,1-4H3. The van der Waals surface area contributed by atoms with Crippen LogP contribution in [-0.2, 0) is 20.3 Å². The van der Waals surface area contributed by atoms with E-state index in [-0.39, 0.29) is 5.97 Å². The lowest BCUT2D eigenvalue weighted by Crippen LogP contribution is -2.30. The smallest absolute Gasteiger partial charge is 0.321 e. The third-order valence-corrected chi connectivity index (χ3v) is 4.16. The number of esters is 1. The Kier molecular flexibility index (Phi) is 7.65. The lowest BCUT2D eigenvalue weighted by molar-refractivity contribution is -0.140. The third kappa shape index (κ3) is 5.92. The minimum atomic E-state index is -1.09. The highest BCUT2D eigenvalue weighted by atomic mass is 32.2. The van der Waals surface area contributed by atoms with Gasteiger partial charge in [0.25, 0.3) is 0 Å². The van der Waals surface area contributed by atoms with Crippen LogP contribution in [0, 0.1) is 5.92 Å². The molecule has 3 nitrogen and oxygen atoms in total. The van der Waals surface area contributed by atoms with E-state index in [9.17, 15) is 9.00 Å². The van der Waals surface area contributed by atoms with Crippen molar-refractivity contribution in [3.05, 3.63) is 0 Å². The van der Waals surface area contributed by atoms with Gasteiger partial charge in [0.1, 0.15) is 5.25 Å². The quantitative estimate of drug-likeness (QED) is 0.634. The van der Waals surface area contributed by atoms with Crippen molar-refractivity contribution < 1.29 is 13.7 Å². The fourth-order valence-corrected chi connectivity index (χ4v) is 2.95. The fourth-order valence-electron chi connectivity index (χ4n) is 1.32. The second-order valence-electron chi connectivity index (χ2n) is 4.10. The molecule has 0 aliphatic carbocycles. The molecule has 0 heterocycles. The lowest BCUT2D eigenvalue weighted by atomic mass is 10.2. The number of carbonyl (C=O) groups excluding carboxylic acids is 1. The Morgan fingerprint density at radius 2 is 2.00 bits per heavy atom. The van der Waals surface area contributed by atoms with E-state index >= 15 is 0 Å². The van der Waals surface area contributed by atoms with Crippen molar-refractivity contribution in [2.24, 2.45) is 5.92 Å². The van der Waals surface area contributed by atoms with Crippen LogP contribution in [0.3, 0.4) is 0 Å². The molecule has 0 saturated heterocycles. The summed E-state index contributed by atoms with van der Waals surface area (Å²) in [6.45, 7) is 6.07. The molecule has 0 spiro atoms. The maximum Gasteiger partial charge on any atom is 0.321 e. The number of rotatable bonds is 7. The monoisotopic (exact) mass is 234 g/mol. The topological polar surface area (TPSA) is 43.4 Å². The molecule has 0 fully saturated rings. The highest BCUT2D eigenvalue weighted by Gasteiger charge is 2.25. The van der Waals surface area contributed by atoms with Crippen LogP contribution in [0.4, 0.5) is 0 Å². The largest absolute Gasteiger partial charge is 0.468 e. The van der Waals surface area contributed by atoms with E-state index in [0.29, 0.717) is 18.1 Å². The molecule has 0 aromatic rings. The summed E-state index contributed by atoms with van der Waals surface area (Å²) in [6.07, 6.45) is 2.60. The van der Waals surface area contributed by atoms with Crippen molar-refractivity contribution >= 4 is 16.8 Å². The zero-order chi connectivity index (χ0) is 11.8. The summed E-state index contributed by atoms with van der Waals surface area (Å²) < 4.78 is 16.6. The molecule has 0 aliphatic rings. The zero-order valence-corrected chi connectivity index (χ0v) is 10.9. The highest BCUT2D eigenvalue weighted by molar-refractivity contribution is 7.86. The molecule has 0 aliphatic heterocycles. The fraction of sp³-hybridized carbons (Fsp3) is 0.909. The lowest BCUT2D eigenvalue weighted by Gasteiger charge is -2.15. The van der Waals surface area contributed by atoms with E-state index < -0.39 is 16.0 Å². The van der Waals surface area contributed by atoms with Gasteiger partial charge in [0.05, 0.1) is 7.11 Å². The van der Waals surface area contributed by atoms with Crippen LogP contribution in [0.25, 0.3) is 0 Å². The minimum absolute atomic E-state index is 0.331. The Labute approximate surface area is 95.0 Å². The second-order valence-corrected chi connectivity index (χ2v) is 5.76. The summed E-state index contributed by atoms with van der Waals surface area (Å²) in [4.78, 5) is 11.4. The molecule has 2 unspecified atom stereocenters. The maximum atomic E-state index is 11.9. The molecule has 0 radical (unpaired) electrons. The van der Waals surface area contributed by atoms with Crippen LogP contribution in [-0.4, -0.2) is 28.3 Å². The van der Waals surface area contributed by atoms with Crippen molar-refractivity contribution in [2.45, 2.75) is 45.3 Å². The van der Waals surface area contributed by atoms with Gasteiger partial charge in [-0.3, -0.25) is 9.00 Å². The molecule has 0 aromatic heterocycles. The van der Waals surface area contributed by atoms with Crippen molar-refractivity contribution in [2.75, 3.05) is 12.9 Å². The first kappa shape index (κ1) is 14.6. The summed E-state index contributed by atoms with van der Waals surface area (Å²) in [5.74, 6) is 0.589. The molecule has 0 bridgehead atoms. The molecule has 0 rings (SSSR count). The van der Waals surface area contributed by atoms with Crippen LogP contribution >= 0.6 is 0 Å². The molecule has 15 heavy (non-hydrogen) atoms. The molecule has 0 aromatic carbocycles. The summed E-state index contributed by atoms with van der Waals surface area (Å²) >= 11 is 0. The van der Waals surface area contributed by atoms with Gasteiger partial charge < -0.3 is 4.74 Å². The number of hydrogen-bond acceptors (Lipinski definition) is 3. The Morgan fingerprint density at radius 3 is 2.40 bits per heavy atom. The number of hydrogen-bond donors (Lipinski definition) is 0. The van der Waals surface area contributed by atoms with E-state index in [4.69, 9.17) is 0 Å². The van der Waals surface area contributed by atoms with Gasteiger partial charge in [-0.05, 0) is 12.3 Å². The SMILES string of the molecule is CCCCC(C(=O)OC)S(=O)CC(C)C. The zero-order valence-electron chi connectivity index (χ0n) is 10.1. The normalized spacial score (nSPS) is 15.0. The second kappa shape index (κ2) is 7.85. The molecular formula is C11H22O3S. The van der Waals surface area contributed by atoms with Gasteiger partial charge in [-0.2, -0.15) is 0 Å². The van der Waals surface area contributed by atoms with E-state index in [1.807, 2.05) is 13.8 Å². The van der Waals surface area contributed by atoms with Crippen LogP contribution < -0.4 is 0 Å². The number of carbonyl (C=O) groups is 1. The average molecular weight is 234 g/mol. The van der Waals surface area contributed by atoms with Gasteiger partial charge in [-0.15, -0.1) is 0 Å². The van der Waals surface area contributed by atoms with Crippen LogP contribution in [0.2, 0.25) is 0 Å². The molecule has 0 saturated carbocycles. The molecule has 0 N–H and O–H groups in total. The predicted octanol–water partition coefficient (Wildman–Crippen LogP) is 2.12. The van der Waals surface area contributed by atoms with Gasteiger partial charge in [-0.1, -0.05) is 33.6 Å². The number of methoxy groups -OCH3 is 1. The van der Waals surface area contributed by atoms with Crippen molar-refractivity contribution in [3.63, 3.8) is 0 Å². The first-order valence-electron chi connectivity index (χ1n) is 5.47. The summed E-state index contributed by atoms with van der Waals surface area (Å²) in [6, 6.07) is 0.